The first-order valence-electron chi connectivity index (χ1n) is 14.9. The first-order chi connectivity index (χ1) is 23.2. The number of hydrogen-bond acceptors (Lipinski definition) is 5. The van der Waals surface area contributed by atoms with E-state index in [2.05, 4.69) is 10.0 Å². The van der Waals surface area contributed by atoms with Crippen molar-refractivity contribution < 1.29 is 27.9 Å². The van der Waals surface area contributed by atoms with Crippen molar-refractivity contribution in [2.75, 3.05) is 4.72 Å². The van der Waals surface area contributed by atoms with Gasteiger partial charge in [0.2, 0.25) is 0 Å². The fourth-order valence-electron chi connectivity index (χ4n) is 5.32. The van der Waals surface area contributed by atoms with Crippen LogP contribution >= 0.6 is 11.6 Å². The average molecular weight is 677 g/mol. The predicted molar refractivity (Wildman–Crippen MR) is 187 cm³/mol. The van der Waals surface area contributed by atoms with Crippen molar-refractivity contribution in [3.05, 3.63) is 156 Å². The first kappa shape index (κ1) is 32.3. The molecule has 1 unspecified atom stereocenters. The zero-order chi connectivity index (χ0) is 33.7. The van der Waals surface area contributed by atoms with E-state index in [0.717, 1.165) is 16.5 Å². The summed E-state index contributed by atoms with van der Waals surface area (Å²) in [5, 5.41) is 14.0. The molecule has 0 aliphatic carbocycles. The molecule has 1 atom stereocenters. The Morgan fingerprint density at radius 1 is 0.771 bits per heavy atom. The van der Waals surface area contributed by atoms with E-state index in [1.54, 1.807) is 42.5 Å². The Kier molecular flexibility index (Phi) is 9.43. The summed E-state index contributed by atoms with van der Waals surface area (Å²) in [4.78, 5) is 25.8. The molecule has 0 aromatic heterocycles. The lowest BCUT2D eigenvalue weighted by molar-refractivity contribution is -0.139. The number of anilines is 1. The number of sulfonamides is 1. The minimum atomic E-state index is -4.15. The number of carboxylic acids is 1. The minimum Gasteiger partial charge on any atom is -0.480 e. The van der Waals surface area contributed by atoms with Gasteiger partial charge >= 0.3 is 5.97 Å². The number of hydrogen-bond donors (Lipinski definition) is 3. The number of aliphatic carboxylic acids is 1. The Labute approximate surface area is 282 Å². The third-order valence-electron chi connectivity index (χ3n) is 7.68. The average Bonchev–Trinajstić information content (AvgIpc) is 3.09. The number of fused-ring (bicyclic) bond motifs is 1. The van der Waals surface area contributed by atoms with Gasteiger partial charge in [0.15, 0.2) is 0 Å². The number of carboxylic acid groups (broad SMARTS) is 1. The van der Waals surface area contributed by atoms with Crippen molar-refractivity contribution in [1.82, 2.24) is 5.32 Å². The molecule has 6 rings (SSSR count). The van der Waals surface area contributed by atoms with E-state index < -0.39 is 27.9 Å². The molecule has 0 radical (unpaired) electrons. The van der Waals surface area contributed by atoms with Crippen LogP contribution in [0.5, 0.6) is 11.5 Å². The zero-order valence-corrected chi connectivity index (χ0v) is 26.9. The quantitative estimate of drug-likeness (QED) is 0.127. The van der Waals surface area contributed by atoms with Gasteiger partial charge in [0.25, 0.3) is 15.9 Å². The summed E-state index contributed by atoms with van der Waals surface area (Å²) in [6.07, 6.45) is -0.0266. The molecule has 0 heterocycles. The molecule has 0 aliphatic heterocycles. The summed E-state index contributed by atoms with van der Waals surface area (Å²) in [5.41, 5.74) is 2.21. The van der Waals surface area contributed by atoms with E-state index in [1.807, 2.05) is 72.8 Å². The minimum absolute atomic E-state index is 0.0266. The first-order valence-corrected chi connectivity index (χ1v) is 16.8. The highest BCUT2D eigenvalue weighted by Gasteiger charge is 2.25. The van der Waals surface area contributed by atoms with Gasteiger partial charge < -0.3 is 15.2 Å². The maximum atomic E-state index is 13.5. The SMILES string of the molecule is O=C(NC(Cc1ccc(-c2ccccc2Oc2ccccc2)cc1)C(=O)O)c1cc(Cl)ccc1NS(=O)(=O)c1cccc2ccccc12. The van der Waals surface area contributed by atoms with E-state index in [4.69, 9.17) is 16.3 Å². The third kappa shape index (κ3) is 7.33. The van der Waals surface area contributed by atoms with Crippen molar-refractivity contribution in [3.8, 4) is 22.6 Å². The second-order valence-electron chi connectivity index (χ2n) is 10.9. The Bertz CT molecular complexity index is 2220. The van der Waals surface area contributed by atoms with Crippen LogP contribution in [0.1, 0.15) is 15.9 Å². The number of nitrogens with one attached hydrogen (secondary N) is 2. The molecule has 6 aromatic carbocycles. The van der Waals surface area contributed by atoms with Crippen LogP contribution in [0.2, 0.25) is 5.02 Å². The van der Waals surface area contributed by atoms with Crippen LogP contribution in [0.4, 0.5) is 5.69 Å². The zero-order valence-electron chi connectivity index (χ0n) is 25.3. The predicted octanol–water partition coefficient (Wildman–Crippen LogP) is 8.18. The molecular weight excluding hydrogens is 648 g/mol. The third-order valence-corrected chi connectivity index (χ3v) is 9.33. The number of ether oxygens (including phenoxy) is 1. The molecule has 0 fully saturated rings. The highest BCUT2D eigenvalue weighted by Crippen LogP contribution is 2.33. The van der Waals surface area contributed by atoms with Crippen LogP contribution in [0.3, 0.4) is 0 Å². The number of benzene rings is 6. The summed E-state index contributed by atoms with van der Waals surface area (Å²) in [6.45, 7) is 0. The normalized spacial score (nSPS) is 11.9. The van der Waals surface area contributed by atoms with Crippen molar-refractivity contribution in [1.29, 1.82) is 0 Å². The molecule has 0 bridgehead atoms. The van der Waals surface area contributed by atoms with E-state index >= 15 is 0 Å². The number of carbonyl (C=O) groups is 2. The highest BCUT2D eigenvalue weighted by molar-refractivity contribution is 7.93. The van der Waals surface area contributed by atoms with Crippen molar-refractivity contribution >= 4 is 50.0 Å². The van der Waals surface area contributed by atoms with E-state index in [-0.39, 0.29) is 27.6 Å². The summed E-state index contributed by atoms with van der Waals surface area (Å²) >= 11 is 6.20. The van der Waals surface area contributed by atoms with Crippen molar-refractivity contribution in [2.45, 2.75) is 17.4 Å². The molecule has 3 N–H and O–H groups in total. The Morgan fingerprint density at radius 3 is 2.23 bits per heavy atom. The van der Waals surface area contributed by atoms with E-state index in [9.17, 15) is 23.1 Å². The van der Waals surface area contributed by atoms with Crippen LogP contribution in [0.25, 0.3) is 21.9 Å². The van der Waals surface area contributed by atoms with Gasteiger partial charge in [-0.15, -0.1) is 0 Å². The standard InChI is InChI=1S/C38H29ClN2O6S/c39-28-21-22-33(41-48(45,46)36-16-8-10-26-9-4-5-14-31(26)36)32(24-28)37(42)40-34(38(43)44)23-25-17-19-27(20-18-25)30-13-6-7-15-35(30)47-29-11-2-1-3-12-29/h1-22,24,34,41H,23H2,(H,40,42)(H,43,44). The maximum Gasteiger partial charge on any atom is 0.326 e. The number of para-hydroxylation sites is 2. The topological polar surface area (TPSA) is 122 Å². The number of amides is 1. The van der Waals surface area contributed by atoms with Gasteiger partial charge in [-0.2, -0.15) is 0 Å². The van der Waals surface area contributed by atoms with E-state index in [0.29, 0.717) is 22.4 Å². The van der Waals surface area contributed by atoms with Gasteiger partial charge in [-0.05, 0) is 59.0 Å². The van der Waals surface area contributed by atoms with Gasteiger partial charge in [-0.3, -0.25) is 9.52 Å². The lowest BCUT2D eigenvalue weighted by atomic mass is 9.99. The van der Waals surface area contributed by atoms with Crippen LogP contribution in [-0.4, -0.2) is 31.4 Å². The summed E-state index contributed by atoms with van der Waals surface area (Å²) in [6, 6.07) is 39.1. The maximum absolute atomic E-state index is 13.5. The Morgan fingerprint density at radius 2 is 1.46 bits per heavy atom. The van der Waals surface area contributed by atoms with Crippen LogP contribution < -0.4 is 14.8 Å². The van der Waals surface area contributed by atoms with Gasteiger partial charge in [-0.1, -0.05) is 109 Å². The van der Waals surface area contributed by atoms with E-state index in [1.165, 1.54) is 24.3 Å². The second-order valence-corrected chi connectivity index (χ2v) is 13.0. The number of carbonyl (C=O) groups excluding carboxylic acids is 1. The summed E-state index contributed by atoms with van der Waals surface area (Å²) in [5.74, 6) is -0.690. The van der Waals surface area contributed by atoms with Gasteiger partial charge in [0, 0.05) is 22.4 Å². The Balaban J connectivity index is 1.20. The van der Waals surface area contributed by atoms with Crippen molar-refractivity contribution in [2.24, 2.45) is 0 Å². The van der Waals surface area contributed by atoms with Gasteiger partial charge in [0.1, 0.15) is 17.5 Å². The molecule has 1 amide bonds. The molecule has 10 heteroatoms. The molecular formula is C38H29ClN2O6S. The monoisotopic (exact) mass is 676 g/mol. The smallest absolute Gasteiger partial charge is 0.326 e. The van der Waals surface area contributed by atoms with Crippen molar-refractivity contribution in [3.63, 3.8) is 0 Å². The summed E-state index contributed by atoms with van der Waals surface area (Å²) in [7, 11) is -4.15. The van der Waals surface area contributed by atoms with Crippen LogP contribution in [0, 0.1) is 0 Å². The lowest BCUT2D eigenvalue weighted by Gasteiger charge is -2.18. The number of rotatable bonds is 11. The molecule has 8 nitrogen and oxygen atoms in total. The molecule has 0 aliphatic rings. The molecule has 0 spiro atoms. The largest absolute Gasteiger partial charge is 0.480 e. The highest BCUT2D eigenvalue weighted by atomic mass is 35.5. The van der Waals surface area contributed by atoms with Gasteiger partial charge in [0.05, 0.1) is 16.1 Å². The molecule has 6 aromatic rings. The molecule has 240 valence electrons. The van der Waals surface area contributed by atoms with Gasteiger partial charge in [-0.25, -0.2) is 13.2 Å². The summed E-state index contributed by atoms with van der Waals surface area (Å²) < 4.78 is 35.6. The molecule has 48 heavy (non-hydrogen) atoms. The lowest BCUT2D eigenvalue weighted by Crippen LogP contribution is -2.42. The molecule has 0 saturated heterocycles. The van der Waals surface area contributed by atoms with Crippen LogP contribution in [-0.2, 0) is 21.2 Å². The Hall–Kier alpha value is -5.64. The number of halogens is 1. The molecule has 0 saturated carbocycles. The fraction of sp³-hybridized carbons (Fsp3) is 0.0526. The fourth-order valence-corrected chi connectivity index (χ4v) is 6.81. The second kappa shape index (κ2) is 14.0. The van der Waals surface area contributed by atoms with Crippen LogP contribution in [0.15, 0.2) is 144 Å².